The Bertz CT molecular complexity index is 327. The van der Waals surface area contributed by atoms with Gasteiger partial charge in [0.05, 0.1) is 0 Å². The van der Waals surface area contributed by atoms with E-state index in [1.807, 2.05) is 11.9 Å². The zero-order valence-corrected chi connectivity index (χ0v) is 10.2. The smallest absolute Gasteiger partial charge is 0.406 e. The Labute approximate surface area is 103 Å². The topological polar surface area (TPSA) is 41.6 Å². The number of likely N-dealkylation sites (tertiary alicyclic amines) is 1. The van der Waals surface area contributed by atoms with E-state index in [2.05, 4.69) is 5.32 Å². The van der Waals surface area contributed by atoms with Gasteiger partial charge in [-0.3, -0.25) is 4.79 Å². The maximum absolute atomic E-state index is 13.1. The summed E-state index contributed by atoms with van der Waals surface area (Å²) in [6, 6.07) is 0. The second-order valence-corrected chi connectivity index (χ2v) is 5.08. The normalized spacial score (nSPS) is 33.9. The third-order valence-electron chi connectivity index (χ3n) is 3.71. The molecule has 0 aromatic carbocycles. The first-order valence-electron chi connectivity index (χ1n) is 6.02. The van der Waals surface area contributed by atoms with Crippen molar-refractivity contribution in [2.75, 3.05) is 33.2 Å². The molecule has 0 saturated carbocycles. The number of hydrogen-bond acceptors (Lipinski definition) is 4. The van der Waals surface area contributed by atoms with E-state index in [1.165, 1.54) is 0 Å². The van der Waals surface area contributed by atoms with E-state index in [4.69, 9.17) is 4.74 Å². The van der Waals surface area contributed by atoms with Crippen molar-refractivity contribution in [1.82, 2.24) is 10.2 Å². The fraction of sp³-hybridized carbons (Fsp3) is 0.909. The van der Waals surface area contributed by atoms with Gasteiger partial charge in [0.15, 0.2) is 5.41 Å². The van der Waals surface area contributed by atoms with E-state index in [9.17, 15) is 18.0 Å². The molecular formula is C11H17F3N2O2. The average Bonchev–Trinajstić information content (AvgIpc) is 2.86. The predicted molar refractivity (Wildman–Crippen MR) is 58.0 cm³/mol. The SMILES string of the molecule is CN1CCC(OC(=O)C2(C(F)(F)F)CCNC2)C1. The van der Waals surface area contributed by atoms with Crippen molar-refractivity contribution < 1.29 is 22.7 Å². The summed E-state index contributed by atoms with van der Waals surface area (Å²) in [5, 5.41) is 2.60. The maximum Gasteiger partial charge on any atom is 0.406 e. The fourth-order valence-electron chi connectivity index (χ4n) is 2.48. The van der Waals surface area contributed by atoms with Gasteiger partial charge in [-0.1, -0.05) is 0 Å². The number of likely N-dealkylation sites (N-methyl/N-ethyl adjacent to an activating group) is 1. The van der Waals surface area contributed by atoms with Gasteiger partial charge in [0.2, 0.25) is 0 Å². The summed E-state index contributed by atoms with van der Waals surface area (Å²) in [5.74, 6) is -1.12. The lowest BCUT2D eigenvalue weighted by atomic mass is 9.86. The molecule has 2 saturated heterocycles. The number of ether oxygens (including phenoxy) is 1. The number of esters is 1. The monoisotopic (exact) mass is 266 g/mol. The minimum atomic E-state index is -4.56. The molecule has 18 heavy (non-hydrogen) atoms. The van der Waals surface area contributed by atoms with Crippen LogP contribution in [0.3, 0.4) is 0 Å². The van der Waals surface area contributed by atoms with Crippen molar-refractivity contribution in [3.63, 3.8) is 0 Å². The van der Waals surface area contributed by atoms with Crippen LogP contribution in [0.25, 0.3) is 0 Å². The second kappa shape index (κ2) is 4.70. The van der Waals surface area contributed by atoms with Crippen molar-refractivity contribution in [3.8, 4) is 0 Å². The first kappa shape index (κ1) is 13.6. The van der Waals surface area contributed by atoms with Crippen LogP contribution >= 0.6 is 0 Å². The lowest BCUT2D eigenvalue weighted by molar-refractivity contribution is -0.231. The predicted octanol–water partition coefficient (Wildman–Crippen LogP) is 0.776. The van der Waals surface area contributed by atoms with E-state index in [0.717, 1.165) is 6.54 Å². The number of carbonyl (C=O) groups excluding carboxylic acids is 1. The highest BCUT2D eigenvalue weighted by atomic mass is 19.4. The van der Waals surface area contributed by atoms with Crippen LogP contribution in [0.1, 0.15) is 12.8 Å². The van der Waals surface area contributed by atoms with Gasteiger partial charge in [-0.15, -0.1) is 0 Å². The summed E-state index contributed by atoms with van der Waals surface area (Å²) in [5.41, 5.74) is -2.35. The van der Waals surface area contributed by atoms with Gasteiger partial charge in [-0.25, -0.2) is 0 Å². The van der Waals surface area contributed by atoms with E-state index in [1.54, 1.807) is 0 Å². The second-order valence-electron chi connectivity index (χ2n) is 5.08. The highest BCUT2D eigenvalue weighted by Gasteiger charge is 2.63. The molecule has 0 aromatic heterocycles. The van der Waals surface area contributed by atoms with Crippen LogP contribution in [0.4, 0.5) is 13.2 Å². The number of halogens is 3. The largest absolute Gasteiger partial charge is 0.460 e. The first-order valence-corrected chi connectivity index (χ1v) is 6.02. The Balaban J connectivity index is 2.05. The average molecular weight is 266 g/mol. The zero-order valence-electron chi connectivity index (χ0n) is 10.2. The fourth-order valence-corrected chi connectivity index (χ4v) is 2.48. The van der Waals surface area contributed by atoms with E-state index >= 15 is 0 Å². The van der Waals surface area contributed by atoms with E-state index in [0.29, 0.717) is 13.0 Å². The molecule has 0 amide bonds. The molecule has 2 aliphatic rings. The van der Waals surface area contributed by atoms with Gasteiger partial charge in [-0.2, -0.15) is 13.2 Å². The van der Waals surface area contributed by atoms with Gasteiger partial charge in [0, 0.05) is 19.6 Å². The summed E-state index contributed by atoms with van der Waals surface area (Å²) in [4.78, 5) is 13.8. The third kappa shape index (κ3) is 2.33. The van der Waals surface area contributed by atoms with Crippen molar-refractivity contribution in [2.24, 2.45) is 5.41 Å². The van der Waals surface area contributed by atoms with Crippen molar-refractivity contribution in [2.45, 2.75) is 25.1 Å². The van der Waals surface area contributed by atoms with Gasteiger partial charge < -0.3 is 15.0 Å². The van der Waals surface area contributed by atoms with Crippen LogP contribution < -0.4 is 5.32 Å². The molecule has 2 rings (SSSR count). The van der Waals surface area contributed by atoms with Crippen molar-refractivity contribution in [1.29, 1.82) is 0 Å². The molecule has 0 bridgehead atoms. The molecule has 0 aromatic rings. The van der Waals surface area contributed by atoms with Gasteiger partial charge >= 0.3 is 12.1 Å². The molecule has 2 atom stereocenters. The molecule has 0 aliphatic carbocycles. The summed E-state index contributed by atoms with van der Waals surface area (Å²) in [7, 11) is 1.85. The van der Waals surface area contributed by atoms with Crippen LogP contribution in [0.2, 0.25) is 0 Å². The Kier molecular flexibility index (Phi) is 3.55. The molecule has 1 N–H and O–H groups in total. The Morgan fingerprint density at radius 3 is 2.67 bits per heavy atom. The molecule has 2 unspecified atom stereocenters. The lowest BCUT2D eigenvalue weighted by Gasteiger charge is -2.29. The summed E-state index contributed by atoms with van der Waals surface area (Å²) >= 11 is 0. The molecular weight excluding hydrogens is 249 g/mol. The number of alkyl halides is 3. The van der Waals surface area contributed by atoms with Crippen molar-refractivity contribution in [3.05, 3.63) is 0 Å². The number of nitrogens with zero attached hydrogens (tertiary/aromatic N) is 1. The molecule has 7 heteroatoms. The van der Waals surface area contributed by atoms with Gasteiger partial charge in [-0.05, 0) is 26.4 Å². The van der Waals surface area contributed by atoms with Crippen LogP contribution in [0.15, 0.2) is 0 Å². The Morgan fingerprint density at radius 2 is 2.22 bits per heavy atom. The van der Waals surface area contributed by atoms with Crippen LogP contribution in [0, 0.1) is 5.41 Å². The van der Waals surface area contributed by atoms with Gasteiger partial charge in [0.25, 0.3) is 0 Å². The number of carbonyl (C=O) groups is 1. The summed E-state index contributed by atoms with van der Waals surface area (Å²) in [6.45, 7) is 1.07. The highest BCUT2D eigenvalue weighted by molar-refractivity contribution is 5.79. The summed E-state index contributed by atoms with van der Waals surface area (Å²) < 4.78 is 44.3. The Morgan fingerprint density at radius 1 is 1.50 bits per heavy atom. The van der Waals surface area contributed by atoms with Crippen LogP contribution in [-0.2, 0) is 9.53 Å². The minimum Gasteiger partial charge on any atom is -0.460 e. The molecule has 0 radical (unpaired) electrons. The van der Waals surface area contributed by atoms with Crippen LogP contribution in [0.5, 0.6) is 0 Å². The number of nitrogens with one attached hydrogen (secondary N) is 1. The van der Waals surface area contributed by atoms with E-state index < -0.39 is 23.7 Å². The minimum absolute atomic E-state index is 0.194. The number of hydrogen-bond donors (Lipinski definition) is 1. The van der Waals surface area contributed by atoms with Crippen molar-refractivity contribution >= 4 is 5.97 Å². The maximum atomic E-state index is 13.1. The number of rotatable bonds is 2. The highest BCUT2D eigenvalue weighted by Crippen LogP contribution is 2.44. The molecule has 4 nitrogen and oxygen atoms in total. The molecule has 2 aliphatic heterocycles. The lowest BCUT2D eigenvalue weighted by Crippen LogP contribution is -2.48. The molecule has 2 heterocycles. The summed E-state index contributed by atoms with van der Waals surface area (Å²) in [6.07, 6.45) is -4.61. The van der Waals surface area contributed by atoms with Gasteiger partial charge in [0.1, 0.15) is 6.10 Å². The van der Waals surface area contributed by atoms with Crippen LogP contribution in [-0.4, -0.2) is 56.4 Å². The molecule has 104 valence electrons. The standard InChI is InChI=1S/C11H17F3N2O2/c1-16-5-2-8(6-16)18-9(17)10(11(12,13)14)3-4-15-7-10/h8,15H,2-7H2,1H3. The molecule has 0 spiro atoms. The quantitative estimate of drug-likeness (QED) is 0.750. The third-order valence-corrected chi connectivity index (χ3v) is 3.71. The zero-order chi connectivity index (χ0) is 13.4. The van der Waals surface area contributed by atoms with E-state index in [-0.39, 0.29) is 19.5 Å². The molecule has 2 fully saturated rings. The first-order chi connectivity index (χ1) is 8.35. The Hall–Kier alpha value is -0.820.